The Kier molecular flexibility index (Phi) is 8.87. The first-order valence-electron chi connectivity index (χ1n) is 20.6. The molecule has 0 fully saturated rings. The van der Waals surface area contributed by atoms with Crippen molar-refractivity contribution in [1.29, 1.82) is 0 Å². The summed E-state index contributed by atoms with van der Waals surface area (Å²) in [6.45, 7) is 0. The molecule has 11 aromatic carbocycles. The fourth-order valence-electron chi connectivity index (χ4n) is 8.85. The Labute approximate surface area is 350 Å². The van der Waals surface area contributed by atoms with Gasteiger partial charge in [0.05, 0.1) is 11.4 Å². The van der Waals surface area contributed by atoms with E-state index in [-0.39, 0.29) is 0 Å². The fraction of sp³-hybridized carbons (Fsp3) is 0. The molecule has 282 valence electrons. The topological polar surface area (TPSA) is 6.48 Å². The van der Waals surface area contributed by atoms with Gasteiger partial charge in [0.2, 0.25) is 0 Å². The minimum absolute atomic E-state index is 1.11. The van der Waals surface area contributed by atoms with Gasteiger partial charge in [-0.05, 0) is 115 Å². The van der Waals surface area contributed by atoms with Crippen LogP contribution in [0.4, 0.5) is 34.1 Å². The summed E-state index contributed by atoms with van der Waals surface area (Å²) in [5, 5.41) is 9.70. The SMILES string of the molecule is c1ccc(-c2ccc(N(c3ccc4c(ccc5cc(N(c6ccc(-c7ccccc7)cc6)c6cccc7ccccc67)ccc54)c3)c3cccc4ccccc34)cc2)cc1. The summed E-state index contributed by atoms with van der Waals surface area (Å²) < 4.78 is 0. The van der Waals surface area contributed by atoms with E-state index in [4.69, 9.17) is 0 Å². The van der Waals surface area contributed by atoms with Crippen LogP contribution in [0.15, 0.2) is 243 Å². The van der Waals surface area contributed by atoms with Gasteiger partial charge in [0.1, 0.15) is 0 Å². The first-order chi connectivity index (χ1) is 29.7. The summed E-state index contributed by atoms with van der Waals surface area (Å²) >= 11 is 0. The molecule has 0 bridgehead atoms. The normalized spacial score (nSPS) is 11.3. The average Bonchev–Trinajstić information content (AvgIpc) is 3.33. The van der Waals surface area contributed by atoms with Crippen molar-refractivity contribution in [2.24, 2.45) is 0 Å². The highest BCUT2D eigenvalue weighted by Gasteiger charge is 2.19. The van der Waals surface area contributed by atoms with Crippen LogP contribution in [0, 0.1) is 0 Å². The van der Waals surface area contributed by atoms with Crippen molar-refractivity contribution in [2.45, 2.75) is 0 Å². The molecule has 0 atom stereocenters. The third kappa shape index (κ3) is 6.41. The lowest BCUT2D eigenvalue weighted by atomic mass is 9.99. The minimum Gasteiger partial charge on any atom is -0.310 e. The summed E-state index contributed by atoms with van der Waals surface area (Å²) in [5.41, 5.74) is 11.6. The molecule has 0 heterocycles. The molecule has 60 heavy (non-hydrogen) atoms. The van der Waals surface area contributed by atoms with Crippen molar-refractivity contribution in [3.63, 3.8) is 0 Å². The number of fused-ring (bicyclic) bond motifs is 5. The molecule has 11 aromatic rings. The van der Waals surface area contributed by atoms with E-state index in [9.17, 15) is 0 Å². The van der Waals surface area contributed by atoms with Gasteiger partial charge >= 0.3 is 0 Å². The lowest BCUT2D eigenvalue weighted by Crippen LogP contribution is -2.10. The van der Waals surface area contributed by atoms with Gasteiger partial charge in [-0.15, -0.1) is 0 Å². The fourth-order valence-corrected chi connectivity index (χ4v) is 8.85. The molecule has 2 nitrogen and oxygen atoms in total. The predicted molar refractivity (Wildman–Crippen MR) is 257 cm³/mol. The minimum atomic E-state index is 1.11. The molecule has 0 aliphatic carbocycles. The number of hydrogen-bond donors (Lipinski definition) is 0. The largest absolute Gasteiger partial charge is 0.310 e. The Bertz CT molecular complexity index is 3060. The number of hydrogen-bond acceptors (Lipinski definition) is 2. The standard InChI is InChI=1S/C58H40N2/c1-3-13-41(14-4-1)43-27-31-49(32-28-43)59(57-23-11-19-45-17-7-9-21-55(45)57)51-35-37-53-47(39-51)25-26-48-40-52(36-38-54(48)53)60(58-24-12-20-46-18-8-10-22-56(46)58)50-33-29-44(30-34-50)42-15-5-2-6-16-42/h1-40H. The quantitative estimate of drug-likeness (QED) is 0.142. The second kappa shape index (κ2) is 15.1. The highest BCUT2D eigenvalue weighted by atomic mass is 15.1. The lowest BCUT2D eigenvalue weighted by Gasteiger charge is -2.28. The van der Waals surface area contributed by atoms with Crippen LogP contribution < -0.4 is 9.80 Å². The van der Waals surface area contributed by atoms with Gasteiger partial charge in [-0.2, -0.15) is 0 Å². The number of anilines is 6. The molecule has 0 saturated heterocycles. The second-order valence-corrected chi connectivity index (χ2v) is 15.4. The number of benzene rings is 11. The van der Waals surface area contributed by atoms with Crippen LogP contribution in [0.1, 0.15) is 0 Å². The summed E-state index contributed by atoms with van der Waals surface area (Å²) in [4.78, 5) is 4.80. The monoisotopic (exact) mass is 764 g/mol. The molecule has 0 aliphatic rings. The first-order valence-corrected chi connectivity index (χ1v) is 20.6. The molecule has 0 amide bonds. The third-order valence-corrected chi connectivity index (χ3v) is 11.8. The van der Waals surface area contributed by atoms with Crippen LogP contribution in [-0.4, -0.2) is 0 Å². The van der Waals surface area contributed by atoms with Gasteiger partial charge in [-0.1, -0.05) is 182 Å². The third-order valence-electron chi connectivity index (χ3n) is 11.8. The summed E-state index contributed by atoms with van der Waals surface area (Å²) in [6, 6.07) is 87.9. The zero-order chi connectivity index (χ0) is 39.8. The van der Waals surface area contributed by atoms with Gasteiger partial charge in [-0.25, -0.2) is 0 Å². The number of rotatable bonds is 8. The van der Waals surface area contributed by atoms with Crippen LogP contribution in [-0.2, 0) is 0 Å². The van der Waals surface area contributed by atoms with Gasteiger partial charge in [0, 0.05) is 33.5 Å². The lowest BCUT2D eigenvalue weighted by molar-refractivity contribution is 1.30. The van der Waals surface area contributed by atoms with E-state index in [0.29, 0.717) is 0 Å². The van der Waals surface area contributed by atoms with Crippen molar-refractivity contribution in [3.8, 4) is 22.3 Å². The molecular formula is C58H40N2. The van der Waals surface area contributed by atoms with Gasteiger partial charge in [0.25, 0.3) is 0 Å². The van der Waals surface area contributed by atoms with Crippen LogP contribution in [0.5, 0.6) is 0 Å². The average molecular weight is 765 g/mol. The Balaban J connectivity index is 1.02. The maximum Gasteiger partial charge on any atom is 0.0540 e. The molecule has 0 aliphatic heterocycles. The van der Waals surface area contributed by atoms with E-state index >= 15 is 0 Å². The smallest absolute Gasteiger partial charge is 0.0540 e. The second-order valence-electron chi connectivity index (χ2n) is 15.4. The first kappa shape index (κ1) is 35.2. The van der Waals surface area contributed by atoms with Crippen molar-refractivity contribution < 1.29 is 0 Å². The highest BCUT2D eigenvalue weighted by molar-refractivity contribution is 6.11. The van der Waals surface area contributed by atoms with Crippen molar-refractivity contribution in [1.82, 2.24) is 0 Å². The van der Waals surface area contributed by atoms with Crippen molar-refractivity contribution >= 4 is 77.2 Å². The molecule has 0 aromatic heterocycles. The Morgan fingerprint density at radius 1 is 0.200 bits per heavy atom. The zero-order valence-electron chi connectivity index (χ0n) is 33.0. The zero-order valence-corrected chi connectivity index (χ0v) is 33.0. The maximum absolute atomic E-state index is 2.40. The van der Waals surface area contributed by atoms with Crippen LogP contribution in [0.2, 0.25) is 0 Å². The summed E-state index contributed by atoms with van der Waals surface area (Å²) in [5.74, 6) is 0. The number of nitrogens with zero attached hydrogens (tertiary/aromatic N) is 2. The van der Waals surface area contributed by atoms with E-state index in [1.807, 2.05) is 0 Å². The van der Waals surface area contributed by atoms with Gasteiger partial charge in [0.15, 0.2) is 0 Å². The summed E-state index contributed by atoms with van der Waals surface area (Å²) in [6.07, 6.45) is 0. The van der Waals surface area contributed by atoms with Crippen LogP contribution >= 0.6 is 0 Å². The molecular weight excluding hydrogens is 725 g/mol. The predicted octanol–water partition coefficient (Wildman–Crippen LogP) is 16.6. The van der Waals surface area contributed by atoms with Crippen LogP contribution in [0.25, 0.3) is 65.3 Å². The van der Waals surface area contributed by atoms with Crippen molar-refractivity contribution in [2.75, 3.05) is 9.80 Å². The van der Waals surface area contributed by atoms with Crippen LogP contribution in [0.3, 0.4) is 0 Å². The molecule has 0 radical (unpaired) electrons. The van der Waals surface area contributed by atoms with Gasteiger partial charge in [-0.3, -0.25) is 0 Å². The molecule has 11 rings (SSSR count). The Morgan fingerprint density at radius 3 is 0.983 bits per heavy atom. The van der Waals surface area contributed by atoms with Crippen molar-refractivity contribution in [3.05, 3.63) is 243 Å². The molecule has 2 heteroatoms. The maximum atomic E-state index is 2.40. The van der Waals surface area contributed by atoms with E-state index in [1.165, 1.54) is 65.3 Å². The molecule has 0 spiro atoms. The van der Waals surface area contributed by atoms with E-state index < -0.39 is 0 Å². The summed E-state index contributed by atoms with van der Waals surface area (Å²) in [7, 11) is 0. The molecule has 0 saturated carbocycles. The van der Waals surface area contributed by atoms with Gasteiger partial charge < -0.3 is 9.80 Å². The highest BCUT2D eigenvalue weighted by Crippen LogP contribution is 2.44. The van der Waals surface area contributed by atoms with E-state index in [2.05, 4.69) is 252 Å². The van der Waals surface area contributed by atoms with E-state index in [1.54, 1.807) is 0 Å². The Hall–Kier alpha value is -7.94. The molecule has 0 N–H and O–H groups in total. The van der Waals surface area contributed by atoms with E-state index in [0.717, 1.165) is 34.1 Å². The molecule has 0 unspecified atom stereocenters. The Morgan fingerprint density at radius 2 is 0.550 bits per heavy atom.